The normalized spacial score (nSPS) is 17.4. The Kier molecular flexibility index (Phi) is 4.31. The van der Waals surface area contributed by atoms with Crippen LogP contribution < -0.4 is 0 Å². The van der Waals surface area contributed by atoms with Crippen LogP contribution in [-0.4, -0.2) is 29.1 Å². The molecule has 3 nitrogen and oxygen atoms in total. The minimum absolute atomic E-state index is 0.00659. The van der Waals surface area contributed by atoms with E-state index in [-0.39, 0.29) is 5.56 Å². The van der Waals surface area contributed by atoms with Crippen molar-refractivity contribution in [3.05, 3.63) is 35.1 Å². The molecule has 0 saturated carbocycles. The number of hydrogen-bond donors (Lipinski definition) is 1. The Morgan fingerprint density at radius 2 is 1.89 bits per heavy atom. The second-order valence-electron chi connectivity index (χ2n) is 4.80. The molecular weight excluding hydrogens is 233 g/mol. The van der Waals surface area contributed by atoms with Gasteiger partial charge in [0, 0.05) is 12.1 Å². The van der Waals surface area contributed by atoms with Gasteiger partial charge in [-0.25, -0.2) is 9.18 Å². The average molecular weight is 251 g/mol. The van der Waals surface area contributed by atoms with E-state index in [0.29, 0.717) is 12.1 Å². The molecule has 0 atom stereocenters. The number of nitrogens with zero attached hydrogens (tertiary/aromatic N) is 1. The lowest BCUT2D eigenvalue weighted by Crippen LogP contribution is -2.24. The molecular formula is C14H18FNO2. The summed E-state index contributed by atoms with van der Waals surface area (Å²) in [5.74, 6) is -1.51. The Bertz CT molecular complexity index is 426. The van der Waals surface area contributed by atoms with Crippen LogP contribution in [-0.2, 0) is 6.54 Å². The largest absolute Gasteiger partial charge is 0.478 e. The molecule has 0 aliphatic carbocycles. The van der Waals surface area contributed by atoms with Crippen molar-refractivity contribution < 1.29 is 14.3 Å². The van der Waals surface area contributed by atoms with E-state index in [1.807, 2.05) is 0 Å². The SMILES string of the molecule is O=C(O)c1ccc(CN2CCCCCC2)c(F)c1. The number of benzene rings is 1. The van der Waals surface area contributed by atoms with Crippen molar-refractivity contribution in [2.24, 2.45) is 0 Å². The Balaban J connectivity index is 2.06. The maximum Gasteiger partial charge on any atom is 0.335 e. The summed E-state index contributed by atoms with van der Waals surface area (Å²) < 4.78 is 13.8. The summed E-state index contributed by atoms with van der Waals surface area (Å²) in [5.41, 5.74) is 0.592. The van der Waals surface area contributed by atoms with Gasteiger partial charge in [0.25, 0.3) is 0 Å². The van der Waals surface area contributed by atoms with Crippen molar-refractivity contribution >= 4 is 5.97 Å². The molecule has 1 N–H and O–H groups in total. The van der Waals surface area contributed by atoms with Crippen LogP contribution in [0.5, 0.6) is 0 Å². The highest BCUT2D eigenvalue weighted by molar-refractivity contribution is 5.87. The molecule has 1 aromatic carbocycles. The van der Waals surface area contributed by atoms with E-state index in [1.54, 1.807) is 6.07 Å². The molecule has 0 bridgehead atoms. The molecule has 1 fully saturated rings. The number of likely N-dealkylation sites (tertiary alicyclic amines) is 1. The van der Waals surface area contributed by atoms with E-state index in [2.05, 4.69) is 4.90 Å². The van der Waals surface area contributed by atoms with Gasteiger partial charge in [-0.1, -0.05) is 18.9 Å². The Morgan fingerprint density at radius 3 is 2.44 bits per heavy atom. The van der Waals surface area contributed by atoms with Crippen LogP contribution in [0.1, 0.15) is 41.6 Å². The fraction of sp³-hybridized carbons (Fsp3) is 0.500. The van der Waals surface area contributed by atoms with E-state index in [9.17, 15) is 9.18 Å². The summed E-state index contributed by atoms with van der Waals surface area (Å²) in [6, 6.07) is 4.16. The van der Waals surface area contributed by atoms with Crippen molar-refractivity contribution in [2.75, 3.05) is 13.1 Å². The van der Waals surface area contributed by atoms with Gasteiger partial charge in [0.2, 0.25) is 0 Å². The third-order valence-corrected chi connectivity index (χ3v) is 3.39. The number of aromatic carboxylic acids is 1. The summed E-state index contributed by atoms with van der Waals surface area (Å²) in [6.07, 6.45) is 4.82. The topological polar surface area (TPSA) is 40.5 Å². The number of carboxylic acid groups (broad SMARTS) is 1. The molecule has 1 heterocycles. The lowest BCUT2D eigenvalue weighted by atomic mass is 10.1. The molecule has 1 aliphatic rings. The fourth-order valence-corrected chi connectivity index (χ4v) is 2.34. The predicted octanol–water partition coefficient (Wildman–Crippen LogP) is 2.90. The molecule has 1 aromatic rings. The molecule has 0 spiro atoms. The monoisotopic (exact) mass is 251 g/mol. The molecule has 0 aromatic heterocycles. The Labute approximate surface area is 106 Å². The maximum absolute atomic E-state index is 13.8. The zero-order valence-electron chi connectivity index (χ0n) is 10.4. The molecule has 0 unspecified atom stereocenters. The molecule has 98 valence electrons. The van der Waals surface area contributed by atoms with Gasteiger partial charge < -0.3 is 5.11 Å². The highest BCUT2D eigenvalue weighted by atomic mass is 19.1. The van der Waals surface area contributed by atoms with Crippen molar-refractivity contribution in [1.29, 1.82) is 0 Å². The van der Waals surface area contributed by atoms with Gasteiger partial charge in [-0.3, -0.25) is 4.90 Å². The minimum atomic E-state index is -1.09. The first kappa shape index (κ1) is 13.0. The maximum atomic E-state index is 13.8. The van der Waals surface area contributed by atoms with E-state index in [0.717, 1.165) is 32.0 Å². The summed E-state index contributed by atoms with van der Waals surface area (Å²) >= 11 is 0. The third-order valence-electron chi connectivity index (χ3n) is 3.39. The van der Waals surface area contributed by atoms with Gasteiger partial charge in [-0.05, 0) is 38.1 Å². The first-order chi connectivity index (χ1) is 8.66. The molecule has 4 heteroatoms. The van der Waals surface area contributed by atoms with E-state index in [4.69, 9.17) is 5.11 Å². The first-order valence-electron chi connectivity index (χ1n) is 6.41. The zero-order valence-corrected chi connectivity index (χ0v) is 10.4. The second-order valence-corrected chi connectivity index (χ2v) is 4.80. The van der Waals surface area contributed by atoms with Crippen LogP contribution in [0.15, 0.2) is 18.2 Å². The van der Waals surface area contributed by atoms with Crippen LogP contribution in [0.2, 0.25) is 0 Å². The van der Waals surface area contributed by atoms with Crippen LogP contribution in [0.3, 0.4) is 0 Å². The molecule has 0 amide bonds. The van der Waals surface area contributed by atoms with Gasteiger partial charge in [0.15, 0.2) is 0 Å². The summed E-state index contributed by atoms with van der Waals surface area (Å²) in [6.45, 7) is 2.58. The van der Waals surface area contributed by atoms with Gasteiger partial charge >= 0.3 is 5.97 Å². The third kappa shape index (κ3) is 3.29. The van der Waals surface area contributed by atoms with Gasteiger partial charge in [-0.2, -0.15) is 0 Å². The second kappa shape index (κ2) is 5.96. The highest BCUT2D eigenvalue weighted by Crippen LogP contribution is 2.16. The number of hydrogen-bond acceptors (Lipinski definition) is 2. The quantitative estimate of drug-likeness (QED) is 0.898. The van der Waals surface area contributed by atoms with Crippen molar-refractivity contribution in [2.45, 2.75) is 32.2 Å². The van der Waals surface area contributed by atoms with Crippen LogP contribution >= 0.6 is 0 Å². The number of halogens is 1. The van der Waals surface area contributed by atoms with Crippen molar-refractivity contribution in [1.82, 2.24) is 4.90 Å². The molecule has 2 rings (SSSR count). The standard InChI is InChI=1S/C14H18FNO2/c15-13-9-11(14(17)18)5-6-12(13)10-16-7-3-1-2-4-8-16/h5-6,9H,1-4,7-8,10H2,(H,17,18). The number of carbonyl (C=O) groups is 1. The minimum Gasteiger partial charge on any atom is -0.478 e. The zero-order chi connectivity index (χ0) is 13.0. The summed E-state index contributed by atoms with van der Waals surface area (Å²) in [5, 5.41) is 8.78. The van der Waals surface area contributed by atoms with Crippen molar-refractivity contribution in [3.63, 3.8) is 0 Å². The first-order valence-corrected chi connectivity index (χ1v) is 6.41. The van der Waals surface area contributed by atoms with E-state index < -0.39 is 11.8 Å². The van der Waals surface area contributed by atoms with Crippen LogP contribution in [0.4, 0.5) is 4.39 Å². The Morgan fingerprint density at radius 1 is 1.22 bits per heavy atom. The fourth-order valence-electron chi connectivity index (χ4n) is 2.34. The highest BCUT2D eigenvalue weighted by Gasteiger charge is 2.13. The van der Waals surface area contributed by atoms with Crippen LogP contribution in [0, 0.1) is 5.82 Å². The lowest BCUT2D eigenvalue weighted by molar-refractivity contribution is 0.0696. The lowest BCUT2D eigenvalue weighted by Gasteiger charge is -2.20. The molecule has 1 aliphatic heterocycles. The summed E-state index contributed by atoms with van der Waals surface area (Å²) in [7, 11) is 0. The van der Waals surface area contributed by atoms with Crippen LogP contribution in [0.25, 0.3) is 0 Å². The van der Waals surface area contributed by atoms with Gasteiger partial charge in [0.1, 0.15) is 5.82 Å². The van der Waals surface area contributed by atoms with E-state index >= 15 is 0 Å². The molecule has 18 heavy (non-hydrogen) atoms. The Hall–Kier alpha value is -1.42. The summed E-state index contributed by atoms with van der Waals surface area (Å²) in [4.78, 5) is 13.0. The molecule has 1 saturated heterocycles. The van der Waals surface area contributed by atoms with E-state index in [1.165, 1.54) is 18.9 Å². The average Bonchev–Trinajstić information content (AvgIpc) is 2.60. The smallest absolute Gasteiger partial charge is 0.335 e. The van der Waals surface area contributed by atoms with Crippen molar-refractivity contribution in [3.8, 4) is 0 Å². The number of rotatable bonds is 3. The van der Waals surface area contributed by atoms with Gasteiger partial charge in [-0.15, -0.1) is 0 Å². The predicted molar refractivity (Wildman–Crippen MR) is 67.1 cm³/mol. The number of carboxylic acids is 1. The van der Waals surface area contributed by atoms with Gasteiger partial charge in [0.05, 0.1) is 5.56 Å². The molecule has 0 radical (unpaired) electrons.